The minimum absolute atomic E-state index is 0.00545. The van der Waals surface area contributed by atoms with Gasteiger partial charge in [0.2, 0.25) is 0 Å². The Morgan fingerprint density at radius 3 is 2.67 bits per heavy atom. The average molecular weight is 349 g/mol. The monoisotopic (exact) mass is 348 g/mol. The van der Waals surface area contributed by atoms with Gasteiger partial charge in [-0.1, -0.05) is 51.2 Å². The Bertz CT molecular complexity index is 566. The first-order valence-corrected chi connectivity index (χ1v) is 11.8. The first kappa shape index (κ1) is 19.2. The predicted octanol–water partition coefficient (Wildman–Crippen LogP) is 5.02. The highest BCUT2D eigenvalue weighted by atomic mass is 28.4. The standard InChI is InChI=1S/C20H32O3Si/c1-16(21)22-14-17-10-9-13-20(12-8-7-11-18(17)20)15-23-24(5,6)19(2,3)4/h7-8,10-12,18H,9,13-15H2,1-6H3/t18-,20+/m1/s1. The molecule has 0 saturated carbocycles. The lowest BCUT2D eigenvalue weighted by Gasteiger charge is -2.46. The van der Waals surface area contributed by atoms with E-state index in [1.807, 2.05) is 0 Å². The van der Waals surface area contributed by atoms with Crippen LogP contribution in [0.3, 0.4) is 0 Å². The fourth-order valence-electron chi connectivity index (χ4n) is 3.18. The topological polar surface area (TPSA) is 35.5 Å². The van der Waals surface area contributed by atoms with Gasteiger partial charge in [0, 0.05) is 24.9 Å². The summed E-state index contributed by atoms with van der Waals surface area (Å²) in [7, 11) is -1.79. The largest absolute Gasteiger partial charge is 0.461 e. The van der Waals surface area contributed by atoms with Crippen molar-refractivity contribution in [3.05, 3.63) is 36.0 Å². The van der Waals surface area contributed by atoms with E-state index in [9.17, 15) is 4.79 Å². The normalized spacial score (nSPS) is 26.8. The van der Waals surface area contributed by atoms with Gasteiger partial charge in [-0.3, -0.25) is 4.79 Å². The van der Waals surface area contributed by atoms with Crippen LogP contribution in [0.2, 0.25) is 18.1 Å². The number of carbonyl (C=O) groups is 1. The van der Waals surface area contributed by atoms with Crippen LogP contribution >= 0.6 is 0 Å². The number of rotatable bonds is 5. The van der Waals surface area contributed by atoms with Gasteiger partial charge < -0.3 is 9.16 Å². The second kappa shape index (κ2) is 7.01. The summed E-state index contributed by atoms with van der Waals surface area (Å²) in [5.74, 6) is 0.0419. The van der Waals surface area contributed by atoms with Crippen molar-refractivity contribution in [2.45, 2.75) is 58.7 Å². The molecule has 0 aromatic rings. The molecule has 0 spiro atoms. The van der Waals surface area contributed by atoms with Gasteiger partial charge in [-0.2, -0.15) is 0 Å². The Balaban J connectivity index is 2.17. The molecule has 0 amide bonds. The van der Waals surface area contributed by atoms with Gasteiger partial charge in [0.1, 0.15) is 6.61 Å². The third-order valence-electron chi connectivity index (χ3n) is 5.83. The lowest BCUT2D eigenvalue weighted by Crippen LogP contribution is -2.46. The van der Waals surface area contributed by atoms with Gasteiger partial charge in [0.25, 0.3) is 0 Å². The van der Waals surface area contributed by atoms with Crippen LogP contribution < -0.4 is 0 Å². The van der Waals surface area contributed by atoms with Crippen molar-refractivity contribution < 1.29 is 14.0 Å². The Hall–Kier alpha value is -1.13. The van der Waals surface area contributed by atoms with Gasteiger partial charge in [-0.05, 0) is 36.5 Å². The minimum Gasteiger partial charge on any atom is -0.461 e. The van der Waals surface area contributed by atoms with E-state index in [2.05, 4.69) is 64.2 Å². The summed E-state index contributed by atoms with van der Waals surface area (Å²) < 4.78 is 11.9. The van der Waals surface area contributed by atoms with E-state index >= 15 is 0 Å². The minimum atomic E-state index is -1.79. The average Bonchev–Trinajstić information content (AvgIpc) is 2.50. The van der Waals surface area contributed by atoms with Crippen molar-refractivity contribution >= 4 is 14.3 Å². The lowest BCUT2D eigenvalue weighted by molar-refractivity contribution is -0.140. The maximum absolute atomic E-state index is 11.2. The molecule has 0 radical (unpaired) electrons. The molecule has 0 aromatic carbocycles. The molecular weight excluding hydrogens is 316 g/mol. The summed E-state index contributed by atoms with van der Waals surface area (Å²) in [6.07, 6.45) is 13.1. The highest BCUT2D eigenvalue weighted by Gasteiger charge is 2.44. The van der Waals surface area contributed by atoms with Gasteiger partial charge in [-0.15, -0.1) is 0 Å². The maximum Gasteiger partial charge on any atom is 0.302 e. The summed E-state index contributed by atoms with van der Waals surface area (Å²) in [5, 5.41) is 0.207. The molecule has 0 bridgehead atoms. The van der Waals surface area contributed by atoms with Crippen LogP contribution in [0.15, 0.2) is 36.0 Å². The summed E-state index contributed by atoms with van der Waals surface area (Å²) in [6.45, 7) is 14.0. The summed E-state index contributed by atoms with van der Waals surface area (Å²) in [4.78, 5) is 11.2. The smallest absolute Gasteiger partial charge is 0.302 e. The van der Waals surface area contributed by atoms with Gasteiger partial charge in [0.15, 0.2) is 8.32 Å². The molecule has 0 aliphatic heterocycles. The SMILES string of the molecule is CC(=O)OCC1=CCC[C@]2(CO[Si](C)(C)C(C)(C)C)C=CC=C[C@H]12. The zero-order valence-electron chi connectivity index (χ0n) is 16.0. The number of carbonyl (C=O) groups excluding carboxylic acids is 1. The van der Waals surface area contributed by atoms with Crippen molar-refractivity contribution in [1.82, 2.24) is 0 Å². The number of hydrogen-bond donors (Lipinski definition) is 0. The van der Waals surface area contributed by atoms with Crippen LogP contribution in [0.1, 0.15) is 40.5 Å². The van der Waals surface area contributed by atoms with Crippen molar-refractivity contribution in [2.24, 2.45) is 11.3 Å². The second-order valence-electron chi connectivity index (χ2n) is 8.60. The van der Waals surface area contributed by atoms with E-state index in [4.69, 9.17) is 9.16 Å². The Morgan fingerprint density at radius 1 is 1.33 bits per heavy atom. The third kappa shape index (κ3) is 4.09. The van der Waals surface area contributed by atoms with Crippen molar-refractivity contribution in [1.29, 1.82) is 0 Å². The lowest BCUT2D eigenvalue weighted by atomic mass is 9.64. The number of esters is 1. The van der Waals surface area contributed by atoms with Gasteiger partial charge in [-0.25, -0.2) is 0 Å². The maximum atomic E-state index is 11.2. The van der Waals surface area contributed by atoms with E-state index in [1.54, 1.807) is 0 Å². The van der Waals surface area contributed by atoms with Crippen molar-refractivity contribution in [3.8, 4) is 0 Å². The molecule has 0 heterocycles. The second-order valence-corrected chi connectivity index (χ2v) is 13.4. The molecule has 2 aliphatic carbocycles. The fraction of sp³-hybridized carbons (Fsp3) is 0.650. The first-order valence-electron chi connectivity index (χ1n) is 8.90. The van der Waals surface area contributed by atoms with E-state index in [0.29, 0.717) is 6.61 Å². The number of fused-ring (bicyclic) bond motifs is 1. The van der Waals surface area contributed by atoms with Crippen LogP contribution in [-0.2, 0) is 14.0 Å². The van der Waals surface area contributed by atoms with Crippen molar-refractivity contribution in [3.63, 3.8) is 0 Å². The van der Waals surface area contributed by atoms with E-state index in [1.165, 1.54) is 12.5 Å². The number of allylic oxidation sites excluding steroid dienone is 4. The molecule has 4 heteroatoms. The molecule has 0 fully saturated rings. The van der Waals surface area contributed by atoms with E-state index in [0.717, 1.165) is 19.4 Å². The molecule has 0 N–H and O–H groups in total. The van der Waals surface area contributed by atoms with Crippen molar-refractivity contribution in [2.75, 3.05) is 13.2 Å². The molecule has 24 heavy (non-hydrogen) atoms. The highest BCUT2D eigenvalue weighted by molar-refractivity contribution is 6.74. The Kier molecular flexibility index (Phi) is 5.60. The Morgan fingerprint density at radius 2 is 2.04 bits per heavy atom. The molecule has 134 valence electrons. The highest BCUT2D eigenvalue weighted by Crippen LogP contribution is 2.47. The predicted molar refractivity (Wildman–Crippen MR) is 101 cm³/mol. The summed E-state index contributed by atoms with van der Waals surface area (Å²) >= 11 is 0. The molecular formula is C20H32O3Si. The van der Waals surface area contributed by atoms with Crippen LogP contribution in [0.5, 0.6) is 0 Å². The van der Waals surface area contributed by atoms with Crippen LogP contribution in [-0.4, -0.2) is 27.5 Å². The van der Waals surface area contributed by atoms with Gasteiger partial charge >= 0.3 is 5.97 Å². The Labute approximate surface area is 147 Å². The molecule has 2 rings (SSSR count). The van der Waals surface area contributed by atoms with Crippen LogP contribution in [0, 0.1) is 11.3 Å². The number of ether oxygens (including phenoxy) is 1. The van der Waals surface area contributed by atoms with Gasteiger partial charge in [0.05, 0.1) is 0 Å². The quantitative estimate of drug-likeness (QED) is 0.397. The zero-order valence-corrected chi connectivity index (χ0v) is 17.0. The molecule has 2 aliphatic rings. The summed E-state index contributed by atoms with van der Waals surface area (Å²) in [5.41, 5.74) is 1.20. The fourth-order valence-corrected chi connectivity index (χ4v) is 4.24. The van der Waals surface area contributed by atoms with E-state index in [-0.39, 0.29) is 22.3 Å². The molecule has 2 atom stereocenters. The molecule has 3 nitrogen and oxygen atoms in total. The first-order chi connectivity index (χ1) is 11.1. The summed E-state index contributed by atoms with van der Waals surface area (Å²) in [6, 6.07) is 0. The van der Waals surface area contributed by atoms with Crippen LogP contribution in [0.25, 0.3) is 0 Å². The van der Waals surface area contributed by atoms with Crippen LogP contribution in [0.4, 0.5) is 0 Å². The number of hydrogen-bond acceptors (Lipinski definition) is 3. The molecule has 0 aromatic heterocycles. The zero-order chi connectivity index (χ0) is 18.0. The molecule has 0 saturated heterocycles. The van der Waals surface area contributed by atoms with E-state index < -0.39 is 8.32 Å². The third-order valence-corrected chi connectivity index (χ3v) is 10.3. The molecule has 0 unspecified atom stereocenters.